The van der Waals surface area contributed by atoms with Crippen molar-refractivity contribution in [3.8, 4) is 11.1 Å². The Morgan fingerprint density at radius 1 is 1.05 bits per heavy atom. The van der Waals surface area contributed by atoms with E-state index in [1.54, 1.807) is 0 Å². The zero-order valence-electron chi connectivity index (χ0n) is 12.4. The number of rotatable bonds is 5. The zero-order valence-corrected chi connectivity index (χ0v) is 12.4. The second-order valence-electron chi connectivity index (χ2n) is 5.86. The Hall–Kier alpha value is -1.60. The quantitative estimate of drug-likeness (QED) is 0.840. The highest BCUT2D eigenvalue weighted by Crippen LogP contribution is 2.26. The molecule has 0 radical (unpaired) electrons. The maximum atomic E-state index is 3.58. The lowest BCUT2D eigenvalue weighted by Gasteiger charge is -2.10. The Balaban J connectivity index is 1.81. The van der Waals surface area contributed by atoms with Crippen LogP contribution in [0.2, 0.25) is 0 Å². The Labute approximate surface area is 122 Å². The van der Waals surface area contributed by atoms with Crippen molar-refractivity contribution in [2.45, 2.75) is 45.7 Å². The lowest BCUT2D eigenvalue weighted by molar-refractivity contribution is 0.687. The highest BCUT2D eigenvalue weighted by molar-refractivity contribution is 5.68. The van der Waals surface area contributed by atoms with Gasteiger partial charge < -0.3 is 5.32 Å². The van der Waals surface area contributed by atoms with Crippen LogP contribution in [-0.4, -0.2) is 6.04 Å². The third-order valence-electron chi connectivity index (χ3n) is 4.11. The third-order valence-corrected chi connectivity index (χ3v) is 4.11. The predicted octanol–water partition coefficient (Wildman–Crippen LogP) is 4.48. The summed E-state index contributed by atoms with van der Waals surface area (Å²) in [7, 11) is 0. The summed E-state index contributed by atoms with van der Waals surface area (Å²) in [6, 6.07) is 16.5. The van der Waals surface area contributed by atoms with E-state index < -0.39 is 0 Å². The van der Waals surface area contributed by atoms with E-state index in [0.717, 1.165) is 19.0 Å². The monoisotopic (exact) mass is 265 g/mol. The molecule has 0 atom stereocenters. The summed E-state index contributed by atoms with van der Waals surface area (Å²) in [4.78, 5) is 0. The first kappa shape index (κ1) is 13.4. The maximum Gasteiger partial charge on any atom is 0.0208 e. The van der Waals surface area contributed by atoms with Crippen LogP contribution < -0.4 is 5.32 Å². The van der Waals surface area contributed by atoms with Gasteiger partial charge in [-0.3, -0.25) is 0 Å². The number of aryl methyl sites for hydroxylation is 2. The molecule has 1 aliphatic rings. The standard InChI is InChI=1S/C19H23N/c1-3-15-5-4-6-17(12-15)19-10-7-16(11-14(19)2)13-20-18-8-9-18/h4-7,10-12,18,20H,3,8-9,13H2,1-2H3. The molecule has 1 N–H and O–H groups in total. The largest absolute Gasteiger partial charge is 0.310 e. The molecule has 104 valence electrons. The molecule has 0 aromatic heterocycles. The van der Waals surface area contributed by atoms with Crippen LogP contribution in [0.1, 0.15) is 36.5 Å². The van der Waals surface area contributed by atoms with Crippen LogP contribution in [0.25, 0.3) is 11.1 Å². The van der Waals surface area contributed by atoms with Crippen LogP contribution in [0.5, 0.6) is 0 Å². The van der Waals surface area contributed by atoms with Gasteiger partial charge in [0.15, 0.2) is 0 Å². The molecule has 0 unspecified atom stereocenters. The molecule has 20 heavy (non-hydrogen) atoms. The summed E-state index contributed by atoms with van der Waals surface area (Å²) in [5, 5.41) is 3.58. The fourth-order valence-electron chi connectivity index (χ4n) is 2.67. The average molecular weight is 265 g/mol. The first-order valence-electron chi connectivity index (χ1n) is 7.68. The topological polar surface area (TPSA) is 12.0 Å². The fraction of sp³-hybridized carbons (Fsp3) is 0.368. The number of benzene rings is 2. The summed E-state index contributed by atoms with van der Waals surface area (Å²) in [5.41, 5.74) is 6.86. The van der Waals surface area contributed by atoms with Crippen molar-refractivity contribution in [2.75, 3.05) is 0 Å². The van der Waals surface area contributed by atoms with Crippen molar-refractivity contribution in [3.63, 3.8) is 0 Å². The molecule has 0 spiro atoms. The van der Waals surface area contributed by atoms with Gasteiger partial charge in [0.25, 0.3) is 0 Å². The van der Waals surface area contributed by atoms with Crippen LogP contribution in [0.3, 0.4) is 0 Å². The minimum atomic E-state index is 0.774. The Kier molecular flexibility index (Phi) is 3.88. The maximum absolute atomic E-state index is 3.58. The molecule has 0 saturated heterocycles. The van der Waals surface area contributed by atoms with Gasteiger partial charge in [0.2, 0.25) is 0 Å². The van der Waals surface area contributed by atoms with Gasteiger partial charge in [-0.15, -0.1) is 0 Å². The molecule has 1 aliphatic carbocycles. The number of hydrogen-bond donors (Lipinski definition) is 1. The van der Waals surface area contributed by atoms with Gasteiger partial charge >= 0.3 is 0 Å². The average Bonchev–Trinajstić information content (AvgIpc) is 3.29. The summed E-state index contributed by atoms with van der Waals surface area (Å²) < 4.78 is 0. The van der Waals surface area contributed by atoms with Gasteiger partial charge in [-0.2, -0.15) is 0 Å². The van der Waals surface area contributed by atoms with Crippen molar-refractivity contribution in [1.82, 2.24) is 5.32 Å². The molecular formula is C19H23N. The molecule has 0 heterocycles. The second kappa shape index (κ2) is 5.80. The van der Waals surface area contributed by atoms with Gasteiger partial charge in [0, 0.05) is 12.6 Å². The fourth-order valence-corrected chi connectivity index (χ4v) is 2.67. The van der Waals surface area contributed by atoms with E-state index in [9.17, 15) is 0 Å². The molecule has 2 aromatic carbocycles. The van der Waals surface area contributed by atoms with Gasteiger partial charge in [0.05, 0.1) is 0 Å². The molecule has 0 amide bonds. The summed E-state index contributed by atoms with van der Waals surface area (Å²) in [6.07, 6.45) is 3.79. The normalized spacial score (nSPS) is 14.5. The van der Waals surface area contributed by atoms with E-state index in [1.807, 2.05) is 0 Å². The number of hydrogen-bond acceptors (Lipinski definition) is 1. The zero-order chi connectivity index (χ0) is 13.9. The molecule has 1 heteroatoms. The molecule has 0 aliphatic heterocycles. The molecular weight excluding hydrogens is 242 g/mol. The van der Waals surface area contributed by atoms with Gasteiger partial charge in [-0.05, 0) is 54.0 Å². The molecule has 3 rings (SSSR count). The van der Waals surface area contributed by atoms with E-state index in [2.05, 4.69) is 61.6 Å². The van der Waals surface area contributed by atoms with Crippen LogP contribution in [0.4, 0.5) is 0 Å². The van der Waals surface area contributed by atoms with Gasteiger partial charge in [-0.1, -0.05) is 49.4 Å². The van der Waals surface area contributed by atoms with E-state index in [1.165, 1.54) is 40.7 Å². The third kappa shape index (κ3) is 3.10. The first-order valence-corrected chi connectivity index (χ1v) is 7.68. The minimum Gasteiger partial charge on any atom is -0.310 e. The van der Waals surface area contributed by atoms with Crippen LogP contribution in [0, 0.1) is 6.92 Å². The van der Waals surface area contributed by atoms with Crippen LogP contribution in [0.15, 0.2) is 42.5 Å². The molecule has 2 aromatic rings. The van der Waals surface area contributed by atoms with Crippen molar-refractivity contribution >= 4 is 0 Å². The summed E-state index contributed by atoms with van der Waals surface area (Å²) in [6.45, 7) is 5.42. The summed E-state index contributed by atoms with van der Waals surface area (Å²) >= 11 is 0. The van der Waals surface area contributed by atoms with Crippen LogP contribution in [-0.2, 0) is 13.0 Å². The molecule has 1 nitrogen and oxygen atoms in total. The number of nitrogens with one attached hydrogen (secondary N) is 1. The first-order chi connectivity index (χ1) is 9.76. The van der Waals surface area contributed by atoms with Crippen LogP contribution >= 0.6 is 0 Å². The lowest BCUT2D eigenvalue weighted by Crippen LogP contribution is -2.15. The molecule has 1 saturated carbocycles. The van der Waals surface area contributed by atoms with Crippen molar-refractivity contribution in [2.24, 2.45) is 0 Å². The second-order valence-corrected chi connectivity index (χ2v) is 5.86. The highest BCUT2D eigenvalue weighted by atomic mass is 14.9. The van der Waals surface area contributed by atoms with E-state index >= 15 is 0 Å². The predicted molar refractivity (Wildman–Crippen MR) is 85.9 cm³/mol. The van der Waals surface area contributed by atoms with Gasteiger partial charge in [-0.25, -0.2) is 0 Å². The van der Waals surface area contributed by atoms with Crippen molar-refractivity contribution < 1.29 is 0 Å². The Morgan fingerprint density at radius 2 is 1.90 bits per heavy atom. The van der Waals surface area contributed by atoms with Crippen molar-refractivity contribution in [1.29, 1.82) is 0 Å². The Morgan fingerprint density at radius 3 is 2.60 bits per heavy atom. The highest BCUT2D eigenvalue weighted by Gasteiger charge is 2.19. The Bertz CT molecular complexity index is 596. The smallest absolute Gasteiger partial charge is 0.0208 e. The lowest BCUT2D eigenvalue weighted by atomic mass is 9.96. The van der Waals surface area contributed by atoms with E-state index in [4.69, 9.17) is 0 Å². The van der Waals surface area contributed by atoms with Gasteiger partial charge in [0.1, 0.15) is 0 Å². The van der Waals surface area contributed by atoms with E-state index in [-0.39, 0.29) is 0 Å². The molecule has 0 bridgehead atoms. The SMILES string of the molecule is CCc1cccc(-c2ccc(CNC3CC3)cc2C)c1. The van der Waals surface area contributed by atoms with Crippen molar-refractivity contribution in [3.05, 3.63) is 59.2 Å². The minimum absolute atomic E-state index is 0.774. The summed E-state index contributed by atoms with van der Waals surface area (Å²) in [5.74, 6) is 0. The molecule has 1 fully saturated rings. The van der Waals surface area contributed by atoms with E-state index in [0.29, 0.717) is 0 Å².